The van der Waals surface area contributed by atoms with Gasteiger partial charge in [0.2, 0.25) is 0 Å². The monoisotopic (exact) mass is 264 g/mol. The molecular formula is C11H12N4O2S. The fourth-order valence-corrected chi connectivity index (χ4v) is 2.90. The second kappa shape index (κ2) is 4.51. The Balaban J connectivity index is 1.98. The average Bonchev–Trinajstić information content (AvgIpc) is 2.77. The van der Waals surface area contributed by atoms with E-state index in [9.17, 15) is 4.79 Å². The zero-order valence-corrected chi connectivity index (χ0v) is 10.4. The van der Waals surface area contributed by atoms with Gasteiger partial charge in [-0.15, -0.1) is 11.3 Å². The third-order valence-electron chi connectivity index (χ3n) is 2.86. The van der Waals surface area contributed by atoms with Crippen molar-refractivity contribution in [3.8, 4) is 0 Å². The molecule has 1 saturated heterocycles. The Kier molecular flexibility index (Phi) is 2.85. The Labute approximate surface area is 107 Å². The predicted molar refractivity (Wildman–Crippen MR) is 68.5 cm³/mol. The Morgan fingerprint density at radius 2 is 2.06 bits per heavy atom. The van der Waals surface area contributed by atoms with E-state index < -0.39 is 0 Å². The smallest absolute Gasteiger partial charge is 0.266 e. The van der Waals surface area contributed by atoms with Crippen molar-refractivity contribution >= 4 is 33.3 Å². The summed E-state index contributed by atoms with van der Waals surface area (Å²) in [5.41, 5.74) is 7.02. The highest BCUT2D eigenvalue weighted by Gasteiger charge is 2.24. The number of fused-ring (bicyclic) bond motifs is 1. The van der Waals surface area contributed by atoms with Gasteiger partial charge < -0.3 is 15.4 Å². The number of anilines is 1. The molecule has 18 heavy (non-hydrogen) atoms. The first-order valence-corrected chi connectivity index (χ1v) is 6.45. The Morgan fingerprint density at radius 1 is 1.33 bits per heavy atom. The summed E-state index contributed by atoms with van der Waals surface area (Å²) in [6.45, 7) is 2.36. The van der Waals surface area contributed by atoms with E-state index in [1.807, 2.05) is 0 Å². The van der Waals surface area contributed by atoms with E-state index in [1.165, 1.54) is 11.3 Å². The van der Waals surface area contributed by atoms with Gasteiger partial charge in [-0.2, -0.15) is 0 Å². The van der Waals surface area contributed by atoms with Crippen molar-refractivity contribution in [2.45, 2.75) is 0 Å². The maximum Gasteiger partial charge on any atom is 0.266 e. The molecule has 94 valence electrons. The van der Waals surface area contributed by atoms with E-state index >= 15 is 0 Å². The predicted octanol–water partition coefficient (Wildman–Crippen LogP) is 0.746. The zero-order valence-electron chi connectivity index (χ0n) is 9.63. The molecule has 0 atom stereocenters. The number of carbonyl (C=O) groups is 1. The highest BCUT2D eigenvalue weighted by Crippen LogP contribution is 2.31. The van der Waals surface area contributed by atoms with Gasteiger partial charge >= 0.3 is 0 Å². The lowest BCUT2D eigenvalue weighted by atomic mass is 10.3. The van der Waals surface area contributed by atoms with Crippen LogP contribution >= 0.6 is 11.3 Å². The lowest BCUT2D eigenvalue weighted by Gasteiger charge is -2.26. The number of carbonyl (C=O) groups excluding carboxylic acids is 1. The van der Waals surface area contributed by atoms with E-state index in [1.54, 1.807) is 17.3 Å². The van der Waals surface area contributed by atoms with Crippen LogP contribution in [0.15, 0.2) is 12.4 Å². The first-order valence-electron chi connectivity index (χ1n) is 5.63. The average molecular weight is 264 g/mol. The molecular weight excluding hydrogens is 252 g/mol. The molecule has 0 aromatic carbocycles. The van der Waals surface area contributed by atoms with Gasteiger partial charge in [0.1, 0.15) is 15.2 Å². The fraction of sp³-hybridized carbons (Fsp3) is 0.364. The van der Waals surface area contributed by atoms with Gasteiger partial charge in [0, 0.05) is 25.5 Å². The molecule has 0 unspecified atom stereocenters. The summed E-state index contributed by atoms with van der Waals surface area (Å²) in [6.07, 6.45) is 3.18. The molecule has 0 aliphatic carbocycles. The number of aromatic nitrogens is 2. The van der Waals surface area contributed by atoms with Crippen LogP contribution in [0, 0.1) is 0 Å². The largest absolute Gasteiger partial charge is 0.396 e. The highest BCUT2D eigenvalue weighted by molar-refractivity contribution is 7.21. The van der Waals surface area contributed by atoms with Crippen LogP contribution in [-0.4, -0.2) is 47.1 Å². The Morgan fingerprint density at radius 3 is 2.78 bits per heavy atom. The topological polar surface area (TPSA) is 81.3 Å². The van der Waals surface area contributed by atoms with Crippen LogP contribution in [0.5, 0.6) is 0 Å². The molecule has 2 N–H and O–H groups in total. The van der Waals surface area contributed by atoms with Gasteiger partial charge in [0.05, 0.1) is 18.9 Å². The van der Waals surface area contributed by atoms with Gasteiger partial charge in [-0.1, -0.05) is 0 Å². The molecule has 3 heterocycles. The summed E-state index contributed by atoms with van der Waals surface area (Å²) >= 11 is 1.30. The molecule has 1 aliphatic heterocycles. The number of nitrogen functional groups attached to an aromatic ring is 1. The van der Waals surface area contributed by atoms with Crippen LogP contribution in [0.2, 0.25) is 0 Å². The lowest BCUT2D eigenvalue weighted by Crippen LogP contribution is -2.40. The molecule has 1 fully saturated rings. The summed E-state index contributed by atoms with van der Waals surface area (Å²) in [6, 6.07) is 0. The first kappa shape index (κ1) is 11.4. The van der Waals surface area contributed by atoms with Gasteiger partial charge in [-0.25, -0.2) is 9.97 Å². The second-order valence-electron chi connectivity index (χ2n) is 3.96. The van der Waals surface area contributed by atoms with Crippen molar-refractivity contribution in [1.29, 1.82) is 0 Å². The van der Waals surface area contributed by atoms with E-state index in [0.717, 1.165) is 0 Å². The normalized spacial score (nSPS) is 16.1. The van der Waals surface area contributed by atoms with E-state index in [4.69, 9.17) is 10.5 Å². The van der Waals surface area contributed by atoms with Crippen molar-refractivity contribution in [1.82, 2.24) is 14.9 Å². The van der Waals surface area contributed by atoms with E-state index in [0.29, 0.717) is 47.2 Å². The Hall–Kier alpha value is -1.73. The van der Waals surface area contributed by atoms with Crippen molar-refractivity contribution in [2.75, 3.05) is 32.0 Å². The molecule has 0 radical (unpaired) electrons. The van der Waals surface area contributed by atoms with Crippen molar-refractivity contribution in [3.05, 3.63) is 17.3 Å². The molecule has 1 amide bonds. The summed E-state index contributed by atoms with van der Waals surface area (Å²) in [7, 11) is 0. The number of nitrogens with zero attached hydrogens (tertiary/aromatic N) is 3. The van der Waals surface area contributed by atoms with Crippen LogP contribution < -0.4 is 5.73 Å². The summed E-state index contributed by atoms with van der Waals surface area (Å²) in [4.78, 5) is 23.6. The maximum absolute atomic E-state index is 12.3. The molecule has 6 nitrogen and oxygen atoms in total. The van der Waals surface area contributed by atoms with Gasteiger partial charge in [0.15, 0.2) is 0 Å². The Bertz CT molecular complexity index is 592. The number of rotatable bonds is 1. The van der Waals surface area contributed by atoms with Crippen molar-refractivity contribution in [2.24, 2.45) is 0 Å². The van der Waals surface area contributed by atoms with Crippen LogP contribution in [0.25, 0.3) is 10.3 Å². The molecule has 0 spiro atoms. The van der Waals surface area contributed by atoms with Gasteiger partial charge in [0.25, 0.3) is 5.91 Å². The second-order valence-corrected chi connectivity index (χ2v) is 4.96. The minimum absolute atomic E-state index is 0.0550. The number of amides is 1. The maximum atomic E-state index is 12.3. The SMILES string of the molecule is Nc1c(C(=O)N2CCOCC2)sc2nccnc12. The molecule has 7 heteroatoms. The fourth-order valence-electron chi connectivity index (χ4n) is 1.91. The van der Waals surface area contributed by atoms with Crippen LogP contribution in [0.1, 0.15) is 9.67 Å². The minimum atomic E-state index is -0.0550. The molecule has 3 rings (SSSR count). The van der Waals surface area contributed by atoms with Crippen molar-refractivity contribution < 1.29 is 9.53 Å². The lowest BCUT2D eigenvalue weighted by molar-refractivity contribution is 0.0307. The van der Waals surface area contributed by atoms with E-state index in [-0.39, 0.29) is 5.91 Å². The molecule has 0 bridgehead atoms. The number of ether oxygens (including phenoxy) is 1. The van der Waals surface area contributed by atoms with Gasteiger partial charge in [-0.05, 0) is 0 Å². The third kappa shape index (κ3) is 1.81. The highest BCUT2D eigenvalue weighted by atomic mass is 32.1. The summed E-state index contributed by atoms with van der Waals surface area (Å²) in [5.74, 6) is -0.0550. The number of morpholine rings is 1. The van der Waals surface area contributed by atoms with Crippen LogP contribution in [0.4, 0.5) is 5.69 Å². The minimum Gasteiger partial charge on any atom is -0.396 e. The van der Waals surface area contributed by atoms with Crippen LogP contribution in [-0.2, 0) is 4.74 Å². The third-order valence-corrected chi connectivity index (χ3v) is 3.95. The van der Waals surface area contributed by atoms with Gasteiger partial charge in [-0.3, -0.25) is 4.79 Å². The van der Waals surface area contributed by atoms with E-state index in [2.05, 4.69) is 9.97 Å². The first-order chi connectivity index (χ1) is 8.77. The number of hydrogen-bond acceptors (Lipinski definition) is 6. The quantitative estimate of drug-likeness (QED) is 0.821. The zero-order chi connectivity index (χ0) is 12.5. The molecule has 2 aromatic rings. The number of thiophene rings is 1. The number of hydrogen-bond donors (Lipinski definition) is 1. The molecule has 1 aliphatic rings. The summed E-state index contributed by atoms with van der Waals surface area (Å²) < 4.78 is 5.23. The van der Waals surface area contributed by atoms with Crippen LogP contribution in [0.3, 0.4) is 0 Å². The van der Waals surface area contributed by atoms with Crippen molar-refractivity contribution in [3.63, 3.8) is 0 Å². The summed E-state index contributed by atoms with van der Waals surface area (Å²) in [5, 5.41) is 0. The molecule has 2 aromatic heterocycles. The number of nitrogens with two attached hydrogens (primary N) is 1. The standard InChI is InChI=1S/C11H12N4O2S/c12-7-8-10(14-2-1-13-8)18-9(7)11(16)15-3-5-17-6-4-15/h1-2H,3-6,12H2. The molecule has 0 saturated carbocycles.